The van der Waals surface area contributed by atoms with Gasteiger partial charge in [0.2, 0.25) is 0 Å². The molecule has 0 aromatic carbocycles. The molecular formula is C7H5BClF3NO2-. The van der Waals surface area contributed by atoms with Gasteiger partial charge in [0, 0.05) is 6.20 Å². The van der Waals surface area contributed by atoms with E-state index in [1.807, 2.05) is 0 Å². The van der Waals surface area contributed by atoms with Crippen LogP contribution in [0, 0.1) is 0 Å². The van der Waals surface area contributed by atoms with Crippen LogP contribution in [0.15, 0.2) is 12.3 Å². The molecule has 0 aliphatic rings. The third-order valence-corrected chi connectivity index (χ3v) is 1.91. The molecule has 1 aromatic heterocycles. The number of carbonyl (C=O) groups excluding carboxylic acids is 1. The van der Waals surface area contributed by atoms with E-state index in [-0.39, 0.29) is 10.7 Å². The Balaban J connectivity index is 3.15. The maximum atomic E-state index is 12.2. The summed E-state index contributed by atoms with van der Waals surface area (Å²) in [5.41, 5.74) is -1.28. The lowest BCUT2D eigenvalue weighted by Crippen LogP contribution is -2.34. The summed E-state index contributed by atoms with van der Waals surface area (Å²) in [5, 5.41) is -0.376. The van der Waals surface area contributed by atoms with Crippen molar-refractivity contribution in [2.45, 2.75) is 0 Å². The zero-order chi connectivity index (χ0) is 11.6. The highest BCUT2D eigenvalue weighted by Gasteiger charge is 2.27. The molecule has 82 valence electrons. The van der Waals surface area contributed by atoms with E-state index in [9.17, 15) is 17.7 Å². The smallest absolute Gasteiger partial charge is 0.464 e. The fraction of sp³-hybridized carbons (Fsp3) is 0.143. The monoisotopic (exact) mass is 238 g/mol. The number of hydrogen-bond donors (Lipinski definition) is 0. The molecule has 8 heteroatoms. The molecule has 0 N–H and O–H groups in total. The van der Waals surface area contributed by atoms with E-state index in [2.05, 4.69) is 9.72 Å². The third kappa shape index (κ3) is 2.62. The van der Waals surface area contributed by atoms with Gasteiger partial charge in [-0.25, -0.2) is 4.79 Å². The van der Waals surface area contributed by atoms with Crippen molar-refractivity contribution in [2.24, 2.45) is 0 Å². The van der Waals surface area contributed by atoms with E-state index in [1.165, 1.54) is 0 Å². The molecular weight excluding hydrogens is 233 g/mol. The van der Waals surface area contributed by atoms with Crippen LogP contribution < -0.4 is 5.46 Å². The summed E-state index contributed by atoms with van der Waals surface area (Å²) < 4.78 is 41.0. The van der Waals surface area contributed by atoms with E-state index >= 15 is 0 Å². The third-order valence-electron chi connectivity index (χ3n) is 1.62. The topological polar surface area (TPSA) is 39.2 Å². The molecule has 0 radical (unpaired) electrons. The first-order chi connectivity index (χ1) is 6.86. The minimum absolute atomic E-state index is 0.331. The average molecular weight is 238 g/mol. The standard InChI is InChI=1S/C7H5BClF3NO2/c1-15-7(14)6-5(9)2-4(3-13-6)8(10,11)12/h2-3H,1H3/q-1. The fourth-order valence-electron chi connectivity index (χ4n) is 0.879. The predicted octanol–water partition coefficient (Wildman–Crippen LogP) is 1.58. The SMILES string of the molecule is COC(=O)c1ncc([B-](F)(F)F)cc1Cl. The highest BCUT2D eigenvalue weighted by atomic mass is 35.5. The van der Waals surface area contributed by atoms with Gasteiger partial charge in [-0.2, -0.15) is 0 Å². The molecule has 3 nitrogen and oxygen atoms in total. The minimum Gasteiger partial charge on any atom is -0.464 e. The normalized spacial score (nSPS) is 11.3. The van der Waals surface area contributed by atoms with Crippen molar-refractivity contribution in [3.05, 3.63) is 23.0 Å². The quantitative estimate of drug-likeness (QED) is 0.580. The summed E-state index contributed by atoms with van der Waals surface area (Å²) >= 11 is 5.46. The van der Waals surface area contributed by atoms with Crippen LogP contribution in [0.25, 0.3) is 0 Å². The first-order valence-electron chi connectivity index (χ1n) is 3.80. The van der Waals surface area contributed by atoms with Gasteiger partial charge in [-0.3, -0.25) is 4.98 Å². The molecule has 0 unspecified atom stereocenters. The van der Waals surface area contributed by atoms with E-state index in [1.54, 1.807) is 0 Å². The van der Waals surface area contributed by atoms with E-state index in [4.69, 9.17) is 11.6 Å². The zero-order valence-corrected chi connectivity index (χ0v) is 8.26. The largest absolute Gasteiger partial charge is 0.511 e. The highest BCUT2D eigenvalue weighted by Crippen LogP contribution is 2.16. The Labute approximate surface area is 88.3 Å². The van der Waals surface area contributed by atoms with Gasteiger partial charge in [-0.15, -0.1) is 0 Å². The molecule has 0 amide bonds. The van der Waals surface area contributed by atoms with Crippen LogP contribution in [0.3, 0.4) is 0 Å². The molecule has 1 rings (SSSR count). The molecule has 0 saturated carbocycles. The van der Waals surface area contributed by atoms with Crippen molar-refractivity contribution in [1.29, 1.82) is 0 Å². The van der Waals surface area contributed by atoms with Crippen molar-refractivity contribution in [2.75, 3.05) is 7.11 Å². The first kappa shape index (κ1) is 11.8. The zero-order valence-electron chi connectivity index (χ0n) is 7.51. The molecule has 1 aromatic rings. The van der Waals surface area contributed by atoms with Crippen molar-refractivity contribution in [3.8, 4) is 0 Å². The van der Waals surface area contributed by atoms with Crippen LogP contribution in [0.4, 0.5) is 12.9 Å². The van der Waals surface area contributed by atoms with Crippen LogP contribution in [0.2, 0.25) is 5.02 Å². The van der Waals surface area contributed by atoms with Gasteiger partial charge in [0.25, 0.3) is 0 Å². The minimum atomic E-state index is -5.16. The Hall–Kier alpha value is -1.24. The summed E-state index contributed by atoms with van der Waals surface area (Å²) in [5.74, 6) is -0.874. The van der Waals surface area contributed by atoms with Crippen LogP contribution in [-0.2, 0) is 4.74 Å². The lowest BCUT2D eigenvalue weighted by Gasteiger charge is -2.14. The van der Waals surface area contributed by atoms with Gasteiger partial charge < -0.3 is 17.7 Å². The number of halogens is 4. The number of carbonyl (C=O) groups is 1. The molecule has 0 aliphatic heterocycles. The average Bonchev–Trinajstić information content (AvgIpc) is 2.15. The van der Waals surface area contributed by atoms with Crippen LogP contribution in [-0.4, -0.2) is 25.0 Å². The summed E-state index contributed by atoms with van der Waals surface area (Å²) in [6.45, 7) is -5.16. The fourth-order valence-corrected chi connectivity index (χ4v) is 1.13. The molecule has 0 bridgehead atoms. The summed E-state index contributed by atoms with van der Waals surface area (Å²) in [6, 6.07) is 0.654. The Morgan fingerprint density at radius 1 is 1.53 bits per heavy atom. The Morgan fingerprint density at radius 2 is 2.13 bits per heavy atom. The van der Waals surface area contributed by atoms with E-state index < -0.39 is 18.4 Å². The number of pyridine rings is 1. The molecule has 0 fully saturated rings. The van der Waals surface area contributed by atoms with Crippen LogP contribution >= 0.6 is 11.6 Å². The highest BCUT2D eigenvalue weighted by molar-refractivity contribution is 6.73. The van der Waals surface area contributed by atoms with Crippen molar-refractivity contribution in [1.82, 2.24) is 4.98 Å². The van der Waals surface area contributed by atoms with E-state index in [0.717, 1.165) is 7.11 Å². The Bertz CT molecular complexity index is 396. The van der Waals surface area contributed by atoms with Gasteiger partial charge in [-0.1, -0.05) is 23.1 Å². The number of ether oxygens (including phenoxy) is 1. The second-order valence-electron chi connectivity index (χ2n) is 2.67. The van der Waals surface area contributed by atoms with Gasteiger partial charge in [0.05, 0.1) is 12.1 Å². The molecule has 0 saturated heterocycles. The summed E-state index contributed by atoms with van der Waals surface area (Å²) in [6.07, 6.45) is 0.554. The lowest BCUT2D eigenvalue weighted by molar-refractivity contribution is 0.0594. The van der Waals surface area contributed by atoms with Gasteiger partial charge in [0.15, 0.2) is 5.69 Å². The van der Waals surface area contributed by atoms with Gasteiger partial charge in [-0.05, 0) is 0 Å². The Kier molecular flexibility index (Phi) is 3.23. The number of aromatic nitrogens is 1. The number of esters is 1. The van der Waals surface area contributed by atoms with Crippen molar-refractivity contribution < 1.29 is 22.5 Å². The number of nitrogens with zero attached hydrogens (tertiary/aromatic N) is 1. The summed E-state index contributed by atoms with van der Waals surface area (Å²) in [7, 11) is 1.09. The molecule has 0 spiro atoms. The Morgan fingerprint density at radius 3 is 2.53 bits per heavy atom. The second kappa shape index (κ2) is 4.10. The van der Waals surface area contributed by atoms with Crippen molar-refractivity contribution >= 4 is 30.0 Å². The number of hydrogen-bond acceptors (Lipinski definition) is 3. The number of methoxy groups -OCH3 is 1. The second-order valence-corrected chi connectivity index (χ2v) is 3.07. The first-order valence-corrected chi connectivity index (χ1v) is 4.17. The maximum absolute atomic E-state index is 12.2. The molecule has 1 heterocycles. The van der Waals surface area contributed by atoms with E-state index in [0.29, 0.717) is 12.3 Å². The van der Waals surface area contributed by atoms with Crippen LogP contribution in [0.5, 0.6) is 0 Å². The van der Waals surface area contributed by atoms with Gasteiger partial charge in [0.1, 0.15) is 0 Å². The number of rotatable bonds is 2. The van der Waals surface area contributed by atoms with Crippen LogP contribution in [0.1, 0.15) is 10.5 Å². The predicted molar refractivity (Wildman–Crippen MR) is 49.3 cm³/mol. The summed E-state index contributed by atoms with van der Waals surface area (Å²) in [4.78, 5) is 14.3. The molecule has 15 heavy (non-hydrogen) atoms. The maximum Gasteiger partial charge on any atom is 0.511 e. The lowest BCUT2D eigenvalue weighted by atomic mass is 9.81. The molecule has 0 aliphatic carbocycles. The van der Waals surface area contributed by atoms with Crippen molar-refractivity contribution in [3.63, 3.8) is 0 Å². The molecule has 0 atom stereocenters. The van der Waals surface area contributed by atoms with Gasteiger partial charge >= 0.3 is 12.9 Å².